The number of hydrogen-bond acceptors (Lipinski definition) is 5. The molecule has 0 atom stereocenters. The van der Waals surface area contributed by atoms with Gasteiger partial charge < -0.3 is 10.2 Å². The predicted molar refractivity (Wildman–Crippen MR) is 62.9 cm³/mol. The predicted octanol–water partition coefficient (Wildman–Crippen LogP) is 1.20. The van der Waals surface area contributed by atoms with Crippen LogP contribution in [0.4, 0.5) is 0 Å². The normalized spacial score (nSPS) is 11.6. The van der Waals surface area contributed by atoms with Crippen molar-refractivity contribution >= 4 is 9.84 Å². The zero-order valence-corrected chi connectivity index (χ0v) is 10.1. The number of rotatable bonds is 3. The third kappa shape index (κ3) is 2.54. The summed E-state index contributed by atoms with van der Waals surface area (Å²) < 4.78 is 28.2. The molecule has 17 heavy (non-hydrogen) atoms. The number of aromatic nitrogens is 1. The number of hydrogen-bond donors (Lipinski definition) is 1. The SMILES string of the molecule is CS(=O)(=O)c1cccc(-c2cnc(CN)o2)c1. The van der Waals surface area contributed by atoms with Crippen LogP contribution in [0, 0.1) is 0 Å². The van der Waals surface area contributed by atoms with E-state index in [2.05, 4.69) is 4.98 Å². The van der Waals surface area contributed by atoms with Gasteiger partial charge >= 0.3 is 0 Å². The van der Waals surface area contributed by atoms with Crippen molar-refractivity contribution in [1.29, 1.82) is 0 Å². The number of nitrogens with two attached hydrogens (primary N) is 1. The molecule has 0 fully saturated rings. The summed E-state index contributed by atoms with van der Waals surface area (Å²) in [7, 11) is -3.22. The minimum Gasteiger partial charge on any atom is -0.439 e. The first-order chi connectivity index (χ1) is 8.00. The van der Waals surface area contributed by atoms with Gasteiger partial charge in [0.05, 0.1) is 17.6 Å². The highest BCUT2D eigenvalue weighted by atomic mass is 32.2. The molecule has 0 saturated carbocycles. The second-order valence-electron chi connectivity index (χ2n) is 3.62. The molecule has 0 aliphatic heterocycles. The quantitative estimate of drug-likeness (QED) is 0.887. The second-order valence-corrected chi connectivity index (χ2v) is 5.64. The summed E-state index contributed by atoms with van der Waals surface area (Å²) in [5.74, 6) is 0.931. The lowest BCUT2D eigenvalue weighted by Crippen LogP contribution is -1.96. The van der Waals surface area contributed by atoms with Gasteiger partial charge in [-0.2, -0.15) is 0 Å². The van der Waals surface area contributed by atoms with Crippen molar-refractivity contribution in [3.8, 4) is 11.3 Å². The number of nitrogens with zero attached hydrogens (tertiary/aromatic N) is 1. The third-order valence-corrected chi connectivity index (χ3v) is 3.39. The molecule has 0 bridgehead atoms. The molecule has 2 rings (SSSR count). The van der Waals surface area contributed by atoms with E-state index < -0.39 is 9.84 Å². The van der Waals surface area contributed by atoms with Gasteiger partial charge in [0.2, 0.25) is 5.89 Å². The van der Waals surface area contributed by atoms with Crippen LogP contribution in [0.2, 0.25) is 0 Å². The van der Waals surface area contributed by atoms with E-state index >= 15 is 0 Å². The lowest BCUT2D eigenvalue weighted by Gasteiger charge is -2.00. The van der Waals surface area contributed by atoms with E-state index in [0.29, 0.717) is 17.2 Å². The molecule has 5 nitrogen and oxygen atoms in total. The van der Waals surface area contributed by atoms with E-state index in [1.54, 1.807) is 24.3 Å². The molecule has 6 heteroatoms. The number of oxazole rings is 1. The Morgan fingerprint density at radius 3 is 2.76 bits per heavy atom. The van der Waals surface area contributed by atoms with Crippen LogP contribution < -0.4 is 5.73 Å². The largest absolute Gasteiger partial charge is 0.439 e. The Bertz CT molecular complexity index is 632. The molecule has 90 valence electrons. The molecule has 0 unspecified atom stereocenters. The Morgan fingerprint density at radius 1 is 1.41 bits per heavy atom. The van der Waals surface area contributed by atoms with Crippen molar-refractivity contribution in [2.45, 2.75) is 11.4 Å². The molecule has 0 saturated heterocycles. The van der Waals surface area contributed by atoms with Crippen LogP contribution in [0.5, 0.6) is 0 Å². The summed E-state index contributed by atoms with van der Waals surface area (Å²) in [6.45, 7) is 0.214. The van der Waals surface area contributed by atoms with Crippen LogP contribution in [-0.2, 0) is 16.4 Å². The smallest absolute Gasteiger partial charge is 0.208 e. The summed E-state index contributed by atoms with van der Waals surface area (Å²) in [6, 6.07) is 6.51. The Labute approximate surface area is 99.2 Å². The molecule has 0 aliphatic rings. The highest BCUT2D eigenvalue weighted by Crippen LogP contribution is 2.23. The molecule has 1 heterocycles. The Kier molecular flexibility index (Phi) is 2.99. The molecule has 2 aromatic rings. The van der Waals surface area contributed by atoms with Crippen LogP contribution in [-0.4, -0.2) is 19.7 Å². The van der Waals surface area contributed by atoms with Crippen LogP contribution in [0.3, 0.4) is 0 Å². The molecule has 0 spiro atoms. The van der Waals surface area contributed by atoms with Gasteiger partial charge in [-0.1, -0.05) is 12.1 Å². The Balaban J connectivity index is 2.46. The van der Waals surface area contributed by atoms with Gasteiger partial charge in [-0.05, 0) is 12.1 Å². The molecule has 2 N–H and O–H groups in total. The minimum absolute atomic E-state index is 0.214. The lowest BCUT2D eigenvalue weighted by atomic mass is 10.2. The standard InChI is InChI=1S/C11H12N2O3S/c1-17(14,15)9-4-2-3-8(5-9)10-7-13-11(6-12)16-10/h2-5,7H,6,12H2,1H3. The molecular weight excluding hydrogens is 240 g/mol. The van der Waals surface area contributed by atoms with Crippen molar-refractivity contribution in [3.63, 3.8) is 0 Å². The van der Waals surface area contributed by atoms with Gasteiger partial charge in [-0.15, -0.1) is 0 Å². The highest BCUT2D eigenvalue weighted by Gasteiger charge is 2.10. The van der Waals surface area contributed by atoms with Crippen molar-refractivity contribution in [3.05, 3.63) is 36.4 Å². The maximum Gasteiger partial charge on any atom is 0.208 e. The van der Waals surface area contributed by atoms with E-state index in [9.17, 15) is 8.42 Å². The fraction of sp³-hybridized carbons (Fsp3) is 0.182. The zero-order valence-electron chi connectivity index (χ0n) is 9.25. The number of benzene rings is 1. The van der Waals surface area contributed by atoms with Crippen molar-refractivity contribution in [2.24, 2.45) is 5.73 Å². The molecule has 0 aliphatic carbocycles. The van der Waals surface area contributed by atoms with Gasteiger partial charge in [0.1, 0.15) is 0 Å². The molecule has 0 amide bonds. The average Bonchev–Trinajstić information content (AvgIpc) is 2.76. The van der Waals surface area contributed by atoms with Crippen LogP contribution in [0.1, 0.15) is 5.89 Å². The van der Waals surface area contributed by atoms with E-state index in [4.69, 9.17) is 10.2 Å². The first-order valence-electron chi connectivity index (χ1n) is 4.96. The van der Waals surface area contributed by atoms with E-state index in [-0.39, 0.29) is 11.4 Å². The third-order valence-electron chi connectivity index (χ3n) is 2.27. The Morgan fingerprint density at radius 2 is 2.18 bits per heavy atom. The highest BCUT2D eigenvalue weighted by molar-refractivity contribution is 7.90. The summed E-state index contributed by atoms with van der Waals surface area (Å²) in [4.78, 5) is 4.21. The van der Waals surface area contributed by atoms with Gasteiger partial charge in [0.25, 0.3) is 0 Å². The van der Waals surface area contributed by atoms with Crippen molar-refractivity contribution < 1.29 is 12.8 Å². The average molecular weight is 252 g/mol. The van der Waals surface area contributed by atoms with Gasteiger partial charge in [-0.25, -0.2) is 13.4 Å². The summed E-state index contributed by atoms with van der Waals surface area (Å²) in [5, 5.41) is 0. The Hall–Kier alpha value is -1.66. The van der Waals surface area contributed by atoms with E-state index in [1.165, 1.54) is 6.20 Å². The summed E-state index contributed by atoms with van der Waals surface area (Å²) >= 11 is 0. The van der Waals surface area contributed by atoms with Gasteiger partial charge in [0.15, 0.2) is 15.6 Å². The second kappa shape index (κ2) is 4.31. The van der Waals surface area contributed by atoms with Gasteiger partial charge in [0, 0.05) is 11.8 Å². The van der Waals surface area contributed by atoms with E-state index in [0.717, 1.165) is 6.26 Å². The molecule has 0 radical (unpaired) electrons. The summed E-state index contributed by atoms with van der Waals surface area (Å²) in [6.07, 6.45) is 2.70. The molecule has 1 aromatic carbocycles. The molecular formula is C11H12N2O3S. The fourth-order valence-electron chi connectivity index (χ4n) is 1.42. The first-order valence-corrected chi connectivity index (χ1v) is 6.85. The van der Waals surface area contributed by atoms with Crippen LogP contribution >= 0.6 is 0 Å². The van der Waals surface area contributed by atoms with E-state index in [1.807, 2.05) is 0 Å². The van der Waals surface area contributed by atoms with Crippen molar-refractivity contribution in [2.75, 3.05) is 6.26 Å². The maximum absolute atomic E-state index is 11.4. The monoisotopic (exact) mass is 252 g/mol. The summed E-state index contributed by atoms with van der Waals surface area (Å²) in [5.41, 5.74) is 6.06. The maximum atomic E-state index is 11.4. The lowest BCUT2D eigenvalue weighted by molar-refractivity contribution is 0.509. The first kappa shape index (κ1) is 11.8. The minimum atomic E-state index is -3.22. The number of sulfone groups is 1. The zero-order chi connectivity index (χ0) is 12.5. The fourth-order valence-corrected chi connectivity index (χ4v) is 2.08. The van der Waals surface area contributed by atoms with Gasteiger partial charge in [-0.3, -0.25) is 0 Å². The van der Waals surface area contributed by atoms with Crippen molar-refractivity contribution in [1.82, 2.24) is 4.98 Å². The van der Waals surface area contributed by atoms with Crippen LogP contribution in [0.15, 0.2) is 39.8 Å². The topological polar surface area (TPSA) is 86.2 Å². The van der Waals surface area contributed by atoms with Crippen LogP contribution in [0.25, 0.3) is 11.3 Å². The molecule has 1 aromatic heterocycles.